The summed E-state index contributed by atoms with van der Waals surface area (Å²) in [4.78, 5) is 15.8. The normalized spacial score (nSPS) is 11.2. The van der Waals surface area contributed by atoms with Gasteiger partial charge in [-0.25, -0.2) is 0 Å². The van der Waals surface area contributed by atoms with Crippen LogP contribution in [0.3, 0.4) is 0 Å². The Bertz CT molecular complexity index is 1390. The number of carbonyl (C=O) groups is 1. The highest BCUT2D eigenvalue weighted by molar-refractivity contribution is 7.08. The molecule has 8 heteroatoms. The zero-order valence-electron chi connectivity index (χ0n) is 18.0. The first-order valence-electron chi connectivity index (χ1n) is 10.8. The van der Waals surface area contributed by atoms with E-state index in [-0.39, 0.29) is 5.91 Å². The summed E-state index contributed by atoms with van der Waals surface area (Å²) < 4.78 is 1.83. The lowest BCUT2D eigenvalue weighted by Crippen LogP contribution is -2.13. The summed E-state index contributed by atoms with van der Waals surface area (Å²) in [6.45, 7) is 0.729. The van der Waals surface area contributed by atoms with Gasteiger partial charge in [0.05, 0.1) is 17.1 Å². The summed E-state index contributed by atoms with van der Waals surface area (Å²) in [5.74, 6) is -0.0995. The average molecular weight is 457 g/mol. The standard InChI is InChI=1S/C25H24N6OS/c26-22-7-5-17(19-10-12-33-16-19)13-24(22)28-25(32)8-6-20-15-31(30-29-20)11-9-18-14-27-23-4-2-1-3-21(18)23/h1-5,7,10,12-16,27H,6,8-9,11,26H2,(H,28,32). The first-order chi connectivity index (χ1) is 16.2. The number of thiophene rings is 1. The molecule has 2 aromatic carbocycles. The molecule has 0 radical (unpaired) electrons. The number of hydrogen-bond donors (Lipinski definition) is 3. The summed E-state index contributed by atoms with van der Waals surface area (Å²) >= 11 is 1.63. The number of nitrogens with zero attached hydrogens (tertiary/aromatic N) is 3. The van der Waals surface area contributed by atoms with Gasteiger partial charge in [-0.05, 0) is 58.1 Å². The van der Waals surface area contributed by atoms with Crippen molar-refractivity contribution in [3.05, 3.63) is 82.9 Å². The predicted molar refractivity (Wildman–Crippen MR) is 133 cm³/mol. The number of para-hydroxylation sites is 1. The Labute approximate surface area is 195 Å². The van der Waals surface area contributed by atoms with Crippen LogP contribution in [0.15, 0.2) is 71.7 Å². The highest BCUT2D eigenvalue weighted by Crippen LogP contribution is 2.28. The molecule has 7 nitrogen and oxygen atoms in total. The lowest BCUT2D eigenvalue weighted by molar-refractivity contribution is -0.116. The van der Waals surface area contributed by atoms with Crippen LogP contribution in [0.4, 0.5) is 11.4 Å². The first kappa shape index (κ1) is 21.0. The fourth-order valence-electron chi connectivity index (χ4n) is 3.86. The number of hydrogen-bond acceptors (Lipinski definition) is 5. The summed E-state index contributed by atoms with van der Waals surface area (Å²) in [6.07, 6.45) is 5.64. The number of carbonyl (C=O) groups excluding carboxylic acids is 1. The van der Waals surface area contributed by atoms with Gasteiger partial charge in [-0.1, -0.05) is 29.5 Å². The van der Waals surface area contributed by atoms with Gasteiger partial charge in [-0.3, -0.25) is 9.48 Å². The maximum atomic E-state index is 12.5. The van der Waals surface area contributed by atoms with Gasteiger partial charge in [0, 0.05) is 42.7 Å². The second-order valence-electron chi connectivity index (χ2n) is 7.94. The Balaban J connectivity index is 1.15. The summed E-state index contributed by atoms with van der Waals surface area (Å²) in [5, 5.41) is 16.7. The smallest absolute Gasteiger partial charge is 0.224 e. The average Bonchev–Trinajstić information content (AvgIpc) is 3.59. The summed E-state index contributed by atoms with van der Waals surface area (Å²) in [6, 6.07) is 16.0. The van der Waals surface area contributed by atoms with Crippen molar-refractivity contribution < 1.29 is 4.79 Å². The number of benzene rings is 2. The van der Waals surface area contributed by atoms with Crippen molar-refractivity contribution >= 4 is 39.5 Å². The second kappa shape index (κ2) is 9.30. The molecule has 0 fully saturated rings. The molecular weight excluding hydrogens is 432 g/mol. The van der Waals surface area contributed by atoms with Crippen LogP contribution in [0.5, 0.6) is 0 Å². The molecule has 0 aliphatic heterocycles. The van der Waals surface area contributed by atoms with Gasteiger partial charge < -0.3 is 16.0 Å². The molecule has 0 spiro atoms. The lowest BCUT2D eigenvalue weighted by atomic mass is 10.1. The van der Waals surface area contributed by atoms with Crippen LogP contribution in [0.1, 0.15) is 17.7 Å². The number of fused-ring (bicyclic) bond motifs is 1. The molecule has 0 aliphatic carbocycles. The van der Waals surface area contributed by atoms with E-state index in [4.69, 9.17) is 5.73 Å². The second-order valence-corrected chi connectivity index (χ2v) is 8.72. The number of amides is 1. The number of rotatable bonds is 8. The van der Waals surface area contributed by atoms with Crippen LogP contribution in [-0.4, -0.2) is 25.9 Å². The van der Waals surface area contributed by atoms with Gasteiger partial charge in [0.15, 0.2) is 0 Å². The van der Waals surface area contributed by atoms with Gasteiger partial charge in [0.25, 0.3) is 0 Å². The number of aromatic nitrogens is 4. The van der Waals surface area contributed by atoms with Crippen molar-refractivity contribution in [2.45, 2.75) is 25.8 Å². The molecule has 0 saturated heterocycles. The van der Waals surface area contributed by atoms with Crippen LogP contribution in [0, 0.1) is 0 Å². The molecule has 3 heterocycles. The SMILES string of the molecule is Nc1ccc(-c2ccsc2)cc1NC(=O)CCc1cn(CCc2c[nH]c3ccccc23)nn1. The molecule has 0 saturated carbocycles. The molecule has 3 aromatic heterocycles. The van der Waals surface area contributed by atoms with E-state index in [0.717, 1.165) is 35.3 Å². The Morgan fingerprint density at radius 2 is 2.03 bits per heavy atom. The number of H-pyrrole nitrogens is 1. The fourth-order valence-corrected chi connectivity index (χ4v) is 4.53. The van der Waals surface area contributed by atoms with E-state index in [2.05, 4.69) is 38.1 Å². The Hall–Kier alpha value is -3.91. The lowest BCUT2D eigenvalue weighted by Gasteiger charge is -2.10. The highest BCUT2D eigenvalue weighted by atomic mass is 32.1. The van der Waals surface area contributed by atoms with Crippen molar-refractivity contribution in [2.24, 2.45) is 0 Å². The minimum atomic E-state index is -0.0995. The van der Waals surface area contributed by atoms with E-state index in [1.54, 1.807) is 11.3 Å². The zero-order valence-corrected chi connectivity index (χ0v) is 18.8. The van der Waals surface area contributed by atoms with Crippen molar-refractivity contribution in [1.82, 2.24) is 20.0 Å². The molecule has 0 aliphatic rings. The quantitative estimate of drug-likeness (QED) is 0.290. The highest BCUT2D eigenvalue weighted by Gasteiger charge is 2.10. The Morgan fingerprint density at radius 3 is 2.91 bits per heavy atom. The molecule has 0 bridgehead atoms. The number of aromatic amines is 1. The third kappa shape index (κ3) is 4.80. The van der Waals surface area contributed by atoms with Crippen LogP contribution < -0.4 is 11.1 Å². The largest absolute Gasteiger partial charge is 0.397 e. The molecule has 33 heavy (non-hydrogen) atoms. The molecule has 0 atom stereocenters. The Kier molecular flexibility index (Phi) is 5.91. The maximum Gasteiger partial charge on any atom is 0.224 e. The van der Waals surface area contributed by atoms with Crippen LogP contribution in [0.25, 0.3) is 22.0 Å². The number of nitrogens with one attached hydrogen (secondary N) is 2. The zero-order chi connectivity index (χ0) is 22.6. The van der Waals surface area contributed by atoms with E-state index in [0.29, 0.717) is 24.2 Å². The summed E-state index contributed by atoms with van der Waals surface area (Å²) in [7, 11) is 0. The number of anilines is 2. The van der Waals surface area contributed by atoms with Crippen LogP contribution in [0.2, 0.25) is 0 Å². The van der Waals surface area contributed by atoms with Crippen molar-refractivity contribution in [3.63, 3.8) is 0 Å². The number of aryl methyl sites for hydroxylation is 3. The molecule has 1 amide bonds. The number of nitrogens with two attached hydrogens (primary N) is 1. The van der Waals surface area contributed by atoms with E-state index < -0.39 is 0 Å². The van der Waals surface area contributed by atoms with Gasteiger partial charge in [-0.15, -0.1) is 5.10 Å². The Morgan fingerprint density at radius 1 is 1.12 bits per heavy atom. The van der Waals surface area contributed by atoms with Gasteiger partial charge in [0.2, 0.25) is 5.91 Å². The van der Waals surface area contributed by atoms with Crippen molar-refractivity contribution in [2.75, 3.05) is 11.1 Å². The number of nitrogen functional groups attached to an aromatic ring is 1. The minimum absolute atomic E-state index is 0.0995. The van der Waals surface area contributed by atoms with Crippen LogP contribution in [-0.2, 0) is 24.2 Å². The topological polar surface area (TPSA) is 102 Å². The van der Waals surface area contributed by atoms with E-state index in [9.17, 15) is 4.79 Å². The molecule has 0 unspecified atom stereocenters. The fraction of sp³-hybridized carbons (Fsp3) is 0.160. The molecule has 4 N–H and O–H groups in total. The molecule has 166 valence electrons. The van der Waals surface area contributed by atoms with E-state index >= 15 is 0 Å². The maximum absolute atomic E-state index is 12.5. The van der Waals surface area contributed by atoms with E-state index in [1.165, 1.54) is 10.9 Å². The molecular formula is C25H24N6OS. The van der Waals surface area contributed by atoms with Crippen molar-refractivity contribution in [3.8, 4) is 11.1 Å². The third-order valence-electron chi connectivity index (χ3n) is 5.66. The first-order valence-corrected chi connectivity index (χ1v) is 11.8. The van der Waals surface area contributed by atoms with E-state index in [1.807, 2.05) is 58.9 Å². The monoisotopic (exact) mass is 456 g/mol. The molecule has 5 aromatic rings. The van der Waals surface area contributed by atoms with Gasteiger partial charge in [-0.2, -0.15) is 11.3 Å². The predicted octanol–water partition coefficient (Wildman–Crippen LogP) is 4.88. The van der Waals surface area contributed by atoms with Gasteiger partial charge >= 0.3 is 0 Å². The van der Waals surface area contributed by atoms with Crippen molar-refractivity contribution in [1.29, 1.82) is 0 Å². The third-order valence-corrected chi connectivity index (χ3v) is 6.34. The van der Waals surface area contributed by atoms with Crippen LogP contribution >= 0.6 is 11.3 Å². The minimum Gasteiger partial charge on any atom is -0.397 e. The molecule has 5 rings (SSSR count). The summed E-state index contributed by atoms with van der Waals surface area (Å²) in [5.41, 5.74) is 12.6. The van der Waals surface area contributed by atoms with Gasteiger partial charge in [0.1, 0.15) is 0 Å².